The fourth-order valence-corrected chi connectivity index (χ4v) is 4.27. The van der Waals surface area contributed by atoms with Crippen LogP contribution >= 0.6 is 23.4 Å². The maximum atomic E-state index is 12.6. The van der Waals surface area contributed by atoms with E-state index in [2.05, 4.69) is 11.6 Å². The van der Waals surface area contributed by atoms with E-state index in [-0.39, 0.29) is 29.6 Å². The van der Waals surface area contributed by atoms with E-state index in [9.17, 15) is 14.7 Å². The molecule has 1 heterocycles. The van der Waals surface area contributed by atoms with Crippen molar-refractivity contribution < 1.29 is 28.9 Å². The Balaban J connectivity index is 2.03. The number of hydrogen-bond donors (Lipinski definition) is 1. The summed E-state index contributed by atoms with van der Waals surface area (Å²) in [5.74, 6) is -0.934. The van der Waals surface area contributed by atoms with Crippen LogP contribution < -0.4 is 9.47 Å². The zero-order valence-electron chi connectivity index (χ0n) is 18.5. The van der Waals surface area contributed by atoms with Crippen LogP contribution in [-0.4, -0.2) is 42.4 Å². The molecule has 3 rings (SSSR count). The number of hydrogen-bond acceptors (Lipinski definition) is 7. The molecule has 0 bridgehead atoms. The van der Waals surface area contributed by atoms with Crippen molar-refractivity contribution in [3.8, 4) is 11.5 Å². The van der Waals surface area contributed by atoms with E-state index in [4.69, 9.17) is 25.8 Å². The Hall–Kier alpha value is -3.49. The number of benzene rings is 2. The number of carbonyl (C=O) groups excluding carboxylic acids is 2. The summed E-state index contributed by atoms with van der Waals surface area (Å²) in [7, 11) is 1.48. The molecule has 2 aromatic rings. The Labute approximate surface area is 206 Å². The molecule has 0 aromatic heterocycles. The van der Waals surface area contributed by atoms with Gasteiger partial charge in [0.15, 0.2) is 11.5 Å². The van der Waals surface area contributed by atoms with Gasteiger partial charge in [-0.05, 0) is 42.8 Å². The van der Waals surface area contributed by atoms with E-state index in [0.29, 0.717) is 32.6 Å². The van der Waals surface area contributed by atoms with Gasteiger partial charge in [0.1, 0.15) is 23.0 Å². The molecule has 176 valence electrons. The third-order valence-corrected chi connectivity index (χ3v) is 5.79. The second-order valence-corrected chi connectivity index (χ2v) is 8.21. The van der Waals surface area contributed by atoms with E-state index in [0.717, 1.165) is 11.8 Å². The lowest BCUT2D eigenvalue weighted by Gasteiger charge is -2.12. The summed E-state index contributed by atoms with van der Waals surface area (Å²) in [5, 5.41) is 11.2. The van der Waals surface area contributed by atoms with Gasteiger partial charge in [0.2, 0.25) is 0 Å². The van der Waals surface area contributed by atoms with Crippen molar-refractivity contribution in [2.45, 2.75) is 6.92 Å². The number of amides is 1. The number of rotatable bonds is 8. The van der Waals surface area contributed by atoms with Crippen molar-refractivity contribution in [1.29, 1.82) is 0 Å². The number of thioether (sulfide) groups is 1. The average molecular weight is 500 g/mol. The van der Waals surface area contributed by atoms with Crippen LogP contribution in [0.3, 0.4) is 0 Å². The molecule has 2 aromatic carbocycles. The van der Waals surface area contributed by atoms with Crippen LogP contribution in [0.2, 0.25) is 5.02 Å². The van der Waals surface area contributed by atoms with Gasteiger partial charge in [-0.15, -0.1) is 0 Å². The Bertz CT molecular complexity index is 1200. The first-order valence-corrected chi connectivity index (χ1v) is 11.4. The topological polar surface area (TPSA) is 94.4 Å². The normalized spacial score (nSPS) is 15.5. The Kier molecular flexibility index (Phi) is 8.56. The molecular weight excluding hydrogens is 478 g/mol. The molecule has 0 aliphatic carbocycles. The highest BCUT2D eigenvalue weighted by atomic mass is 35.5. The molecule has 0 unspecified atom stereocenters. The first kappa shape index (κ1) is 25.1. The number of aliphatic hydroxyl groups excluding tert-OH is 1. The first-order chi connectivity index (χ1) is 16.4. The van der Waals surface area contributed by atoms with E-state index < -0.39 is 11.9 Å². The van der Waals surface area contributed by atoms with Crippen LogP contribution in [-0.2, 0) is 9.53 Å². The van der Waals surface area contributed by atoms with Gasteiger partial charge < -0.3 is 19.3 Å². The fraction of sp³-hybridized carbons (Fsp3) is 0.160. The lowest BCUT2D eigenvalue weighted by Crippen LogP contribution is -2.14. The lowest BCUT2D eigenvalue weighted by molar-refractivity contribution is -0.138. The number of aliphatic imine (C=N–C) groups is 1. The summed E-state index contributed by atoms with van der Waals surface area (Å²) in [6.07, 6.45) is 3.18. The Morgan fingerprint density at radius 3 is 2.62 bits per heavy atom. The summed E-state index contributed by atoms with van der Waals surface area (Å²) in [6, 6.07) is 11.7. The quantitative estimate of drug-likeness (QED) is 0.372. The summed E-state index contributed by atoms with van der Waals surface area (Å²) >= 11 is 7.34. The number of aliphatic hydroxyl groups is 1. The second kappa shape index (κ2) is 11.6. The molecule has 0 saturated heterocycles. The highest BCUT2D eigenvalue weighted by Crippen LogP contribution is 2.42. The minimum Gasteiger partial charge on any atom is -0.506 e. The van der Waals surface area contributed by atoms with Crippen LogP contribution in [0, 0.1) is 0 Å². The van der Waals surface area contributed by atoms with Crippen LogP contribution in [0.15, 0.2) is 76.3 Å². The average Bonchev–Trinajstić information content (AvgIpc) is 3.13. The minimum absolute atomic E-state index is 0.0417. The highest BCUT2D eigenvalue weighted by molar-refractivity contribution is 8.18. The van der Waals surface area contributed by atoms with Gasteiger partial charge in [0, 0.05) is 5.56 Å². The maximum Gasteiger partial charge on any atom is 0.344 e. The zero-order chi connectivity index (χ0) is 24.7. The zero-order valence-corrected chi connectivity index (χ0v) is 20.1. The van der Waals surface area contributed by atoms with Crippen molar-refractivity contribution in [2.75, 3.05) is 20.3 Å². The maximum absolute atomic E-state index is 12.6. The van der Waals surface area contributed by atoms with E-state index in [1.807, 2.05) is 0 Å². The van der Waals surface area contributed by atoms with Crippen LogP contribution in [0.25, 0.3) is 6.08 Å². The van der Waals surface area contributed by atoms with Gasteiger partial charge in [0.25, 0.3) is 5.91 Å². The molecule has 9 heteroatoms. The molecule has 1 amide bonds. The van der Waals surface area contributed by atoms with Gasteiger partial charge in [-0.1, -0.05) is 54.2 Å². The number of esters is 1. The summed E-state index contributed by atoms with van der Waals surface area (Å²) < 4.78 is 16.0. The van der Waals surface area contributed by atoms with Gasteiger partial charge >= 0.3 is 5.97 Å². The molecule has 7 nitrogen and oxygen atoms in total. The van der Waals surface area contributed by atoms with Crippen LogP contribution in [0.1, 0.15) is 22.8 Å². The van der Waals surface area contributed by atoms with Crippen molar-refractivity contribution in [1.82, 2.24) is 0 Å². The Morgan fingerprint density at radius 1 is 1.24 bits per heavy atom. The number of carbonyl (C=O) groups is 2. The van der Waals surface area contributed by atoms with Gasteiger partial charge in [-0.25, -0.2) is 9.79 Å². The molecule has 0 atom stereocenters. The predicted molar refractivity (Wildman–Crippen MR) is 134 cm³/mol. The second-order valence-electron chi connectivity index (χ2n) is 6.78. The molecule has 1 aliphatic rings. The van der Waals surface area contributed by atoms with Crippen molar-refractivity contribution in [2.24, 2.45) is 4.99 Å². The molecule has 1 N–H and O–H groups in total. The molecule has 34 heavy (non-hydrogen) atoms. The summed E-state index contributed by atoms with van der Waals surface area (Å²) in [4.78, 5) is 29.5. The molecule has 0 radical (unpaired) electrons. The third-order valence-electron chi connectivity index (χ3n) is 4.49. The number of nitrogens with zero attached hydrogens (tertiary/aromatic N) is 1. The monoisotopic (exact) mass is 499 g/mol. The van der Waals surface area contributed by atoms with Crippen molar-refractivity contribution >= 4 is 46.4 Å². The van der Waals surface area contributed by atoms with Crippen molar-refractivity contribution in [3.05, 3.63) is 87.5 Å². The number of ether oxygens (including phenoxy) is 3. The minimum atomic E-state index is -0.778. The molecule has 0 fully saturated rings. The van der Waals surface area contributed by atoms with E-state index >= 15 is 0 Å². The number of methoxy groups -OCH3 is 1. The van der Waals surface area contributed by atoms with Crippen LogP contribution in [0.5, 0.6) is 11.5 Å². The smallest absolute Gasteiger partial charge is 0.344 e. The standard InChI is InChI=1S/C25H22ClNO6S/c1-4-11-33-22-17(26)12-15(13-18(22)31-3)14-19-21(28)20(25(30)32-5-2)24(34-19)27-23(29)16-9-7-6-8-10-16/h4,6-10,12-14,28H,1,5,11H2,2-3H3/b19-14+,27-24?. The summed E-state index contributed by atoms with van der Waals surface area (Å²) in [5.41, 5.74) is 0.745. The molecular formula is C25H22ClNO6S. The first-order valence-electron chi connectivity index (χ1n) is 10.2. The molecule has 1 aliphatic heterocycles. The van der Waals surface area contributed by atoms with Gasteiger partial charge in [0.05, 0.1) is 23.6 Å². The predicted octanol–water partition coefficient (Wildman–Crippen LogP) is 5.62. The lowest BCUT2D eigenvalue weighted by atomic mass is 10.1. The SMILES string of the molecule is C=CCOc1c(Cl)cc(/C=C2/SC(=NC(=O)c3ccccc3)C(C(=O)OCC)=C2O)cc1OC. The third kappa shape index (κ3) is 5.70. The van der Waals surface area contributed by atoms with E-state index in [1.165, 1.54) is 7.11 Å². The fourth-order valence-electron chi connectivity index (χ4n) is 2.99. The Morgan fingerprint density at radius 2 is 1.97 bits per heavy atom. The number of halogens is 1. The highest BCUT2D eigenvalue weighted by Gasteiger charge is 2.34. The van der Waals surface area contributed by atoms with Gasteiger partial charge in [-0.3, -0.25) is 4.79 Å². The van der Waals surface area contributed by atoms with Gasteiger partial charge in [-0.2, -0.15) is 0 Å². The van der Waals surface area contributed by atoms with E-state index in [1.54, 1.807) is 61.5 Å². The van der Waals surface area contributed by atoms with Crippen molar-refractivity contribution in [3.63, 3.8) is 0 Å². The molecule has 0 saturated carbocycles. The van der Waals surface area contributed by atoms with Crippen LogP contribution in [0.4, 0.5) is 0 Å². The summed E-state index contributed by atoms with van der Waals surface area (Å²) in [6.45, 7) is 5.59. The molecule has 0 spiro atoms. The largest absolute Gasteiger partial charge is 0.506 e.